The second-order valence-electron chi connectivity index (χ2n) is 9.06. The van der Waals surface area contributed by atoms with E-state index in [4.69, 9.17) is 4.52 Å². The topological polar surface area (TPSA) is 92.5 Å². The van der Waals surface area contributed by atoms with Gasteiger partial charge in [-0.2, -0.15) is 4.31 Å². The first kappa shape index (κ1) is 20.5. The molecule has 3 atom stereocenters. The van der Waals surface area contributed by atoms with Gasteiger partial charge in [0.1, 0.15) is 5.76 Å². The summed E-state index contributed by atoms with van der Waals surface area (Å²) < 4.78 is 33.6. The molecule has 1 aromatic heterocycles. The highest BCUT2D eigenvalue weighted by molar-refractivity contribution is 7.89. The molecule has 1 unspecified atom stereocenters. The Kier molecular flexibility index (Phi) is 5.01. The first-order valence-electron chi connectivity index (χ1n) is 10.9. The number of allylic oxidation sites excluding steroid dienone is 1. The average Bonchev–Trinajstić information content (AvgIpc) is 3.40. The van der Waals surface area contributed by atoms with Gasteiger partial charge in [-0.15, -0.1) is 0 Å². The van der Waals surface area contributed by atoms with Crippen molar-refractivity contribution in [2.24, 2.45) is 0 Å². The molecule has 0 radical (unpaired) electrons. The van der Waals surface area contributed by atoms with E-state index in [0.29, 0.717) is 29.3 Å². The number of sulfonamides is 1. The Morgan fingerprint density at radius 3 is 2.35 bits per heavy atom. The number of carbonyl (C=O) groups excluding carboxylic acids is 1. The van der Waals surface area contributed by atoms with E-state index in [0.717, 1.165) is 42.6 Å². The maximum atomic E-state index is 13.3. The van der Waals surface area contributed by atoms with Gasteiger partial charge in [0, 0.05) is 30.1 Å². The Bertz CT molecular complexity index is 1100. The monoisotopic (exact) mass is 441 g/mol. The third-order valence-electron chi connectivity index (χ3n) is 6.66. The Labute approximate surface area is 182 Å². The number of benzene rings is 1. The molecule has 5 rings (SSSR count). The molecule has 1 N–H and O–H groups in total. The van der Waals surface area contributed by atoms with Crippen LogP contribution in [0.5, 0.6) is 0 Å². The predicted molar refractivity (Wildman–Crippen MR) is 116 cm³/mol. The number of nitrogens with one attached hydrogen (secondary N) is 1. The van der Waals surface area contributed by atoms with Crippen molar-refractivity contribution in [3.05, 3.63) is 53.9 Å². The number of hydrogen-bond acceptors (Lipinski definition) is 5. The van der Waals surface area contributed by atoms with Gasteiger partial charge in [0.15, 0.2) is 5.69 Å². The Morgan fingerprint density at radius 2 is 1.77 bits per heavy atom. The summed E-state index contributed by atoms with van der Waals surface area (Å²) in [5, 5.41) is 6.96. The molecule has 31 heavy (non-hydrogen) atoms. The maximum absolute atomic E-state index is 13.3. The fourth-order valence-electron chi connectivity index (χ4n) is 4.89. The van der Waals surface area contributed by atoms with E-state index in [1.165, 1.54) is 0 Å². The number of hydrogen-bond donors (Lipinski definition) is 1. The van der Waals surface area contributed by atoms with Crippen molar-refractivity contribution in [1.82, 2.24) is 14.8 Å². The second-order valence-corrected chi connectivity index (χ2v) is 10.9. The quantitative estimate of drug-likeness (QED) is 0.738. The highest BCUT2D eigenvalue weighted by Gasteiger charge is 2.47. The van der Waals surface area contributed by atoms with E-state index in [1.54, 1.807) is 34.6 Å². The van der Waals surface area contributed by atoms with Crippen molar-refractivity contribution in [3.8, 4) is 0 Å². The van der Waals surface area contributed by atoms with E-state index in [-0.39, 0.29) is 24.0 Å². The Balaban J connectivity index is 1.27. The Hall–Kier alpha value is -2.45. The second kappa shape index (κ2) is 7.60. The lowest BCUT2D eigenvalue weighted by Crippen LogP contribution is -2.52. The van der Waals surface area contributed by atoms with Gasteiger partial charge in [0.2, 0.25) is 10.0 Å². The third-order valence-corrected chi connectivity index (χ3v) is 8.68. The summed E-state index contributed by atoms with van der Waals surface area (Å²) in [5.74, 6) is 0.943. The van der Waals surface area contributed by atoms with Gasteiger partial charge in [0.05, 0.1) is 4.90 Å². The lowest BCUT2D eigenvalue weighted by molar-refractivity contribution is 0.0900. The van der Waals surface area contributed by atoms with Crippen molar-refractivity contribution in [1.29, 1.82) is 0 Å². The van der Waals surface area contributed by atoms with Crippen LogP contribution in [0.4, 0.5) is 0 Å². The van der Waals surface area contributed by atoms with E-state index < -0.39 is 10.0 Å². The summed E-state index contributed by atoms with van der Waals surface area (Å²) in [6.45, 7) is 5.80. The molecule has 8 heteroatoms. The number of fused-ring (bicyclic) bond motifs is 2. The number of rotatable bonds is 6. The van der Waals surface area contributed by atoms with Crippen molar-refractivity contribution >= 4 is 21.5 Å². The summed E-state index contributed by atoms with van der Waals surface area (Å²) in [6, 6.07) is 8.39. The number of aromatic nitrogens is 1. The standard InChI is InChI=1S/C23H27N3O4S/c1-14(2)15-5-9-20(10-6-15)31(28,29)26-18-7-8-19(26)12-17(11-18)24-23(27)21-13-22(30-25-21)16-3-4-16/h5-6,9-10,13,16-19H,1,3-4,7-8,11-12H2,2H3,(H,24,27)/t17?,18-,19+. The number of piperidine rings is 1. The van der Waals surface area contributed by atoms with Gasteiger partial charge >= 0.3 is 0 Å². The van der Waals surface area contributed by atoms with E-state index in [1.807, 2.05) is 6.92 Å². The minimum absolute atomic E-state index is 0.0664. The average molecular weight is 442 g/mol. The zero-order valence-corrected chi connectivity index (χ0v) is 18.4. The van der Waals surface area contributed by atoms with E-state index >= 15 is 0 Å². The van der Waals surface area contributed by atoms with Crippen molar-refractivity contribution < 1.29 is 17.7 Å². The number of carbonyl (C=O) groups is 1. The molecule has 3 aliphatic rings. The van der Waals surface area contributed by atoms with E-state index in [2.05, 4.69) is 17.1 Å². The fraction of sp³-hybridized carbons (Fsp3) is 0.478. The highest BCUT2D eigenvalue weighted by atomic mass is 32.2. The van der Waals surface area contributed by atoms with Crippen LogP contribution in [0.2, 0.25) is 0 Å². The third kappa shape index (κ3) is 3.83. The molecular weight excluding hydrogens is 414 g/mol. The molecule has 2 aliphatic heterocycles. The largest absolute Gasteiger partial charge is 0.360 e. The molecule has 1 aromatic carbocycles. The first-order valence-corrected chi connectivity index (χ1v) is 12.3. The van der Waals surface area contributed by atoms with Crippen molar-refractivity contribution in [2.75, 3.05) is 0 Å². The van der Waals surface area contributed by atoms with Crippen LogP contribution in [0.25, 0.3) is 5.57 Å². The molecule has 3 heterocycles. The highest BCUT2D eigenvalue weighted by Crippen LogP contribution is 2.41. The van der Waals surface area contributed by atoms with Crippen LogP contribution in [0.3, 0.4) is 0 Å². The van der Waals surface area contributed by atoms with Crippen LogP contribution >= 0.6 is 0 Å². The van der Waals surface area contributed by atoms with Crippen LogP contribution in [-0.4, -0.2) is 41.9 Å². The molecule has 164 valence electrons. The number of nitrogens with zero attached hydrogens (tertiary/aromatic N) is 2. The lowest BCUT2D eigenvalue weighted by atomic mass is 9.99. The summed E-state index contributed by atoms with van der Waals surface area (Å²) in [4.78, 5) is 12.9. The minimum atomic E-state index is -3.58. The molecule has 7 nitrogen and oxygen atoms in total. The van der Waals surface area contributed by atoms with Crippen LogP contribution in [0.1, 0.15) is 73.2 Å². The molecule has 1 saturated carbocycles. The van der Waals surface area contributed by atoms with Gasteiger partial charge in [-0.3, -0.25) is 4.79 Å². The van der Waals surface area contributed by atoms with Crippen LogP contribution in [0, 0.1) is 0 Å². The SMILES string of the molecule is C=C(C)c1ccc(S(=O)(=O)N2[C@@H]3CC[C@H]2CC(NC(=O)c2cc(C4CC4)on2)C3)cc1. The smallest absolute Gasteiger partial charge is 0.273 e. The lowest BCUT2D eigenvalue weighted by Gasteiger charge is -2.38. The van der Waals surface area contributed by atoms with Crippen LogP contribution in [0.15, 0.2) is 46.3 Å². The van der Waals surface area contributed by atoms with E-state index in [9.17, 15) is 13.2 Å². The number of amides is 1. The van der Waals surface area contributed by atoms with Crippen LogP contribution in [-0.2, 0) is 10.0 Å². The summed E-state index contributed by atoms with van der Waals surface area (Å²) in [7, 11) is -3.58. The summed E-state index contributed by atoms with van der Waals surface area (Å²) in [6.07, 6.45) is 5.02. The normalized spacial score (nSPS) is 26.0. The predicted octanol–water partition coefficient (Wildman–Crippen LogP) is 3.70. The molecule has 3 fully saturated rings. The molecule has 1 aliphatic carbocycles. The molecule has 2 saturated heterocycles. The van der Waals surface area contributed by atoms with Gasteiger partial charge < -0.3 is 9.84 Å². The fourth-order valence-corrected chi connectivity index (χ4v) is 6.78. The maximum Gasteiger partial charge on any atom is 0.273 e. The zero-order chi connectivity index (χ0) is 21.8. The van der Waals surface area contributed by atoms with Gasteiger partial charge in [-0.05, 0) is 63.1 Å². The molecule has 2 bridgehead atoms. The first-order chi connectivity index (χ1) is 14.8. The van der Waals surface area contributed by atoms with Gasteiger partial charge in [0.25, 0.3) is 5.91 Å². The Morgan fingerprint density at radius 1 is 1.13 bits per heavy atom. The molecule has 0 spiro atoms. The van der Waals surface area contributed by atoms with Crippen molar-refractivity contribution in [2.45, 2.75) is 74.4 Å². The summed E-state index contributed by atoms with van der Waals surface area (Å²) >= 11 is 0. The van der Waals surface area contributed by atoms with Gasteiger partial charge in [-0.25, -0.2) is 8.42 Å². The summed E-state index contributed by atoms with van der Waals surface area (Å²) in [5.41, 5.74) is 2.14. The van der Waals surface area contributed by atoms with Gasteiger partial charge in [-0.1, -0.05) is 29.4 Å². The zero-order valence-electron chi connectivity index (χ0n) is 17.6. The minimum Gasteiger partial charge on any atom is -0.360 e. The molecular formula is C23H27N3O4S. The van der Waals surface area contributed by atoms with Crippen molar-refractivity contribution in [3.63, 3.8) is 0 Å². The molecule has 1 amide bonds. The molecule has 2 aromatic rings. The van der Waals surface area contributed by atoms with Crippen LogP contribution < -0.4 is 5.32 Å².